The van der Waals surface area contributed by atoms with Gasteiger partial charge >= 0.3 is 6.03 Å². The van der Waals surface area contributed by atoms with Crippen molar-refractivity contribution in [2.24, 2.45) is 0 Å². The number of benzene rings is 1. The molecule has 0 spiro atoms. The van der Waals surface area contributed by atoms with Crippen molar-refractivity contribution in [2.45, 2.75) is 26.5 Å². The number of carbonyl (C=O) groups excluding carboxylic acids is 1. The number of hydrogen-bond acceptors (Lipinski definition) is 4. The van der Waals surface area contributed by atoms with Crippen LogP contribution in [0, 0.1) is 0 Å². The molecule has 2 amide bonds. The highest BCUT2D eigenvalue weighted by atomic mass is 16.5. The van der Waals surface area contributed by atoms with Crippen LogP contribution in [-0.4, -0.2) is 36.2 Å². The summed E-state index contributed by atoms with van der Waals surface area (Å²) in [7, 11) is 3.32. The van der Waals surface area contributed by atoms with Crippen LogP contribution in [0.3, 0.4) is 0 Å². The van der Waals surface area contributed by atoms with Crippen molar-refractivity contribution in [1.82, 2.24) is 9.88 Å². The highest BCUT2D eigenvalue weighted by Gasteiger charge is 2.14. The number of anilines is 1. The first kappa shape index (κ1) is 17.6. The number of aromatic nitrogens is 1. The van der Waals surface area contributed by atoms with Crippen LogP contribution in [0.15, 0.2) is 42.7 Å². The third-order valence-electron chi connectivity index (χ3n) is 3.31. The first-order chi connectivity index (χ1) is 11.5. The second kappa shape index (κ2) is 8.19. The van der Waals surface area contributed by atoms with Crippen LogP contribution in [0.2, 0.25) is 0 Å². The largest absolute Gasteiger partial charge is 0.497 e. The van der Waals surface area contributed by atoms with Gasteiger partial charge in [-0.25, -0.2) is 4.79 Å². The standard InChI is InChI=1S/C18H23N3O3/c1-13(2)24-17-6-5-15(23-4)11-16(17)20-18(22)21(3)12-14-7-9-19-10-8-14/h5-11,13H,12H2,1-4H3,(H,20,22). The van der Waals surface area contributed by atoms with E-state index < -0.39 is 0 Å². The summed E-state index contributed by atoms with van der Waals surface area (Å²) in [5.74, 6) is 1.26. The molecule has 0 unspecified atom stereocenters. The molecule has 128 valence electrons. The first-order valence-corrected chi connectivity index (χ1v) is 7.75. The quantitative estimate of drug-likeness (QED) is 0.880. The summed E-state index contributed by atoms with van der Waals surface area (Å²) in [6, 6.07) is 8.86. The average Bonchev–Trinajstić information content (AvgIpc) is 2.56. The molecule has 1 heterocycles. The van der Waals surface area contributed by atoms with Gasteiger partial charge in [-0.3, -0.25) is 4.98 Å². The van der Waals surface area contributed by atoms with Gasteiger partial charge in [-0.05, 0) is 43.7 Å². The van der Waals surface area contributed by atoms with Crippen molar-refractivity contribution >= 4 is 11.7 Å². The van der Waals surface area contributed by atoms with E-state index in [1.165, 1.54) is 0 Å². The number of ether oxygens (including phenoxy) is 2. The van der Waals surface area contributed by atoms with Crippen LogP contribution in [0.5, 0.6) is 11.5 Å². The summed E-state index contributed by atoms with van der Waals surface area (Å²) in [5.41, 5.74) is 1.58. The Bertz CT molecular complexity index is 674. The van der Waals surface area contributed by atoms with Gasteiger partial charge in [-0.2, -0.15) is 0 Å². The van der Waals surface area contributed by atoms with Gasteiger partial charge in [0.2, 0.25) is 0 Å². The van der Waals surface area contributed by atoms with Crippen molar-refractivity contribution < 1.29 is 14.3 Å². The van der Waals surface area contributed by atoms with Crippen molar-refractivity contribution in [3.63, 3.8) is 0 Å². The van der Waals surface area contributed by atoms with E-state index in [0.717, 1.165) is 5.56 Å². The Balaban J connectivity index is 2.11. The molecule has 0 aliphatic heterocycles. The van der Waals surface area contributed by atoms with Gasteiger partial charge in [0, 0.05) is 32.1 Å². The van der Waals surface area contributed by atoms with Crippen molar-refractivity contribution in [1.29, 1.82) is 0 Å². The SMILES string of the molecule is COc1ccc(OC(C)C)c(NC(=O)N(C)Cc2ccncc2)c1. The Kier molecular flexibility index (Phi) is 6.01. The Morgan fingerprint density at radius 1 is 1.25 bits per heavy atom. The molecule has 0 saturated heterocycles. The zero-order chi connectivity index (χ0) is 17.5. The predicted molar refractivity (Wildman–Crippen MR) is 93.5 cm³/mol. The molecule has 0 bridgehead atoms. The fraction of sp³-hybridized carbons (Fsp3) is 0.333. The number of rotatable bonds is 6. The lowest BCUT2D eigenvalue weighted by Crippen LogP contribution is -2.31. The molecule has 0 radical (unpaired) electrons. The molecule has 2 aromatic rings. The Morgan fingerprint density at radius 2 is 1.96 bits per heavy atom. The summed E-state index contributed by atoms with van der Waals surface area (Å²) in [6.07, 6.45) is 3.42. The van der Waals surface area contributed by atoms with Gasteiger partial charge in [0.15, 0.2) is 0 Å². The highest BCUT2D eigenvalue weighted by molar-refractivity contribution is 5.91. The molecule has 0 fully saturated rings. The lowest BCUT2D eigenvalue weighted by molar-refractivity contribution is 0.219. The fourth-order valence-electron chi connectivity index (χ4n) is 2.13. The third kappa shape index (κ3) is 4.87. The highest BCUT2D eigenvalue weighted by Crippen LogP contribution is 2.30. The predicted octanol–water partition coefficient (Wildman–Crippen LogP) is 3.54. The number of nitrogens with one attached hydrogen (secondary N) is 1. The van der Waals surface area contributed by atoms with Crippen LogP contribution >= 0.6 is 0 Å². The molecule has 0 atom stereocenters. The molecular weight excluding hydrogens is 306 g/mol. The van der Waals surface area contributed by atoms with Gasteiger partial charge < -0.3 is 19.7 Å². The monoisotopic (exact) mass is 329 g/mol. The molecule has 6 heteroatoms. The van der Waals surface area contributed by atoms with E-state index in [4.69, 9.17) is 9.47 Å². The topological polar surface area (TPSA) is 63.7 Å². The molecule has 0 saturated carbocycles. The normalized spacial score (nSPS) is 10.4. The van der Waals surface area contributed by atoms with Crippen molar-refractivity contribution in [3.05, 3.63) is 48.3 Å². The average molecular weight is 329 g/mol. The van der Waals surface area contributed by atoms with E-state index in [-0.39, 0.29) is 12.1 Å². The number of pyridine rings is 1. The van der Waals surface area contributed by atoms with Gasteiger partial charge in [-0.15, -0.1) is 0 Å². The molecule has 1 aromatic carbocycles. The van der Waals surface area contributed by atoms with Gasteiger partial charge in [-0.1, -0.05) is 0 Å². The summed E-state index contributed by atoms with van der Waals surface area (Å²) in [4.78, 5) is 18.0. The van der Waals surface area contributed by atoms with Crippen LogP contribution in [0.1, 0.15) is 19.4 Å². The summed E-state index contributed by atoms with van der Waals surface area (Å²) in [6.45, 7) is 4.36. The zero-order valence-corrected chi connectivity index (χ0v) is 14.4. The minimum absolute atomic E-state index is 0.00333. The molecule has 1 aromatic heterocycles. The number of nitrogens with zero attached hydrogens (tertiary/aromatic N) is 2. The molecule has 2 rings (SSSR count). The van der Waals surface area contributed by atoms with Crippen LogP contribution in [-0.2, 0) is 6.54 Å². The van der Waals surface area contributed by atoms with Gasteiger partial charge in [0.05, 0.1) is 18.9 Å². The van der Waals surface area contributed by atoms with Crippen LogP contribution in [0.25, 0.3) is 0 Å². The van der Waals surface area contributed by atoms with Crippen LogP contribution < -0.4 is 14.8 Å². The molecule has 0 aliphatic carbocycles. The Morgan fingerprint density at radius 3 is 2.58 bits per heavy atom. The molecule has 6 nitrogen and oxygen atoms in total. The van der Waals surface area contributed by atoms with E-state index in [1.807, 2.05) is 26.0 Å². The van der Waals surface area contributed by atoms with E-state index >= 15 is 0 Å². The van der Waals surface area contributed by atoms with Crippen molar-refractivity contribution in [3.8, 4) is 11.5 Å². The zero-order valence-electron chi connectivity index (χ0n) is 14.4. The summed E-state index contributed by atoms with van der Waals surface area (Å²) < 4.78 is 11.0. The van der Waals surface area contributed by atoms with Gasteiger partial charge in [0.1, 0.15) is 11.5 Å². The van der Waals surface area contributed by atoms with E-state index in [2.05, 4.69) is 10.3 Å². The van der Waals surface area contributed by atoms with Gasteiger partial charge in [0.25, 0.3) is 0 Å². The number of hydrogen-bond donors (Lipinski definition) is 1. The second-order valence-corrected chi connectivity index (χ2v) is 5.67. The lowest BCUT2D eigenvalue weighted by atomic mass is 10.2. The smallest absolute Gasteiger partial charge is 0.321 e. The Hall–Kier alpha value is -2.76. The summed E-state index contributed by atoms with van der Waals surface area (Å²) >= 11 is 0. The first-order valence-electron chi connectivity index (χ1n) is 7.75. The lowest BCUT2D eigenvalue weighted by Gasteiger charge is -2.20. The summed E-state index contributed by atoms with van der Waals surface area (Å²) in [5, 5.41) is 2.88. The van der Waals surface area contributed by atoms with Crippen molar-refractivity contribution in [2.75, 3.05) is 19.5 Å². The number of urea groups is 1. The van der Waals surface area contributed by atoms with E-state index in [1.54, 1.807) is 49.7 Å². The molecular formula is C18H23N3O3. The second-order valence-electron chi connectivity index (χ2n) is 5.67. The number of methoxy groups -OCH3 is 1. The molecule has 1 N–H and O–H groups in total. The number of carbonyl (C=O) groups is 1. The maximum absolute atomic E-state index is 12.5. The minimum atomic E-state index is -0.228. The van der Waals surface area contributed by atoms with Crippen LogP contribution in [0.4, 0.5) is 10.5 Å². The maximum atomic E-state index is 12.5. The third-order valence-corrected chi connectivity index (χ3v) is 3.31. The minimum Gasteiger partial charge on any atom is -0.497 e. The Labute approximate surface area is 142 Å². The number of amides is 2. The van der Waals surface area contributed by atoms with E-state index in [0.29, 0.717) is 23.7 Å². The van der Waals surface area contributed by atoms with E-state index in [9.17, 15) is 4.79 Å². The molecule has 24 heavy (non-hydrogen) atoms. The molecule has 0 aliphatic rings. The maximum Gasteiger partial charge on any atom is 0.321 e. The fourth-order valence-corrected chi connectivity index (χ4v) is 2.13.